The van der Waals surface area contributed by atoms with Gasteiger partial charge in [-0.1, -0.05) is 6.92 Å². The molecule has 24 heavy (non-hydrogen) atoms. The van der Waals surface area contributed by atoms with Gasteiger partial charge in [-0.25, -0.2) is 9.97 Å². The van der Waals surface area contributed by atoms with E-state index < -0.39 is 5.60 Å². The van der Waals surface area contributed by atoms with Crippen molar-refractivity contribution in [3.05, 3.63) is 17.1 Å². The van der Waals surface area contributed by atoms with Crippen LogP contribution in [0.2, 0.25) is 0 Å². The number of aryl methyl sites for hydroxylation is 2. The van der Waals surface area contributed by atoms with Gasteiger partial charge in [-0.15, -0.1) is 0 Å². The van der Waals surface area contributed by atoms with E-state index in [-0.39, 0.29) is 5.92 Å². The highest BCUT2D eigenvalue weighted by Gasteiger charge is 2.45. The second-order valence-corrected chi connectivity index (χ2v) is 7.85. The van der Waals surface area contributed by atoms with Crippen molar-refractivity contribution >= 4 is 5.82 Å². The second kappa shape index (κ2) is 6.26. The molecule has 0 aromatic carbocycles. The van der Waals surface area contributed by atoms with Gasteiger partial charge < -0.3 is 14.7 Å². The Hall–Kier alpha value is -1.20. The van der Waals surface area contributed by atoms with E-state index in [1.54, 1.807) is 0 Å². The van der Waals surface area contributed by atoms with Gasteiger partial charge in [0.05, 0.1) is 5.60 Å². The van der Waals surface area contributed by atoms with E-state index in [0.717, 1.165) is 70.0 Å². The number of fused-ring (bicyclic) bond motifs is 1. The van der Waals surface area contributed by atoms with Gasteiger partial charge in [0.25, 0.3) is 0 Å². The number of hydrogen-bond acceptors (Lipinski definition) is 5. The minimum atomic E-state index is -0.550. The third-order valence-corrected chi connectivity index (χ3v) is 6.38. The van der Waals surface area contributed by atoms with Crippen LogP contribution in [0.3, 0.4) is 0 Å². The van der Waals surface area contributed by atoms with Gasteiger partial charge in [-0.3, -0.25) is 0 Å². The standard InChI is InChI=1S/C19H29N3O2/c1-13-12-22(9-8-19(13,23)15-6-10-24-11-7-15)18-16-4-3-5-17(16)20-14(2)21-18/h13,15,23H,3-12H2,1-2H3. The molecule has 0 spiro atoms. The van der Waals surface area contributed by atoms with Crippen molar-refractivity contribution in [3.8, 4) is 0 Å². The zero-order valence-corrected chi connectivity index (χ0v) is 14.9. The molecule has 1 aromatic rings. The van der Waals surface area contributed by atoms with Crippen LogP contribution in [0.1, 0.15) is 49.7 Å². The monoisotopic (exact) mass is 331 g/mol. The van der Waals surface area contributed by atoms with Gasteiger partial charge >= 0.3 is 0 Å². The van der Waals surface area contributed by atoms with Gasteiger partial charge in [0, 0.05) is 43.5 Å². The van der Waals surface area contributed by atoms with Crippen LogP contribution in [0.4, 0.5) is 5.82 Å². The van der Waals surface area contributed by atoms with E-state index in [9.17, 15) is 5.11 Å². The van der Waals surface area contributed by atoms with Crippen LogP contribution < -0.4 is 4.90 Å². The first-order valence-corrected chi connectivity index (χ1v) is 9.49. The largest absolute Gasteiger partial charge is 0.389 e. The van der Waals surface area contributed by atoms with Gasteiger partial charge in [0.2, 0.25) is 0 Å². The van der Waals surface area contributed by atoms with Crippen molar-refractivity contribution in [1.82, 2.24) is 9.97 Å². The zero-order valence-electron chi connectivity index (χ0n) is 14.9. The molecular formula is C19H29N3O2. The third kappa shape index (κ3) is 2.72. The molecule has 2 fully saturated rings. The normalized spacial score (nSPS) is 31.3. The molecule has 2 saturated heterocycles. The molecule has 1 aliphatic carbocycles. The van der Waals surface area contributed by atoms with Crippen LogP contribution in [0.15, 0.2) is 0 Å². The first kappa shape index (κ1) is 16.3. The molecule has 0 bridgehead atoms. The molecular weight excluding hydrogens is 302 g/mol. The molecule has 2 aliphatic heterocycles. The van der Waals surface area contributed by atoms with Crippen molar-refractivity contribution in [2.45, 2.75) is 58.0 Å². The Kier molecular flexibility index (Phi) is 4.25. The summed E-state index contributed by atoms with van der Waals surface area (Å²) in [4.78, 5) is 11.8. The topological polar surface area (TPSA) is 58.5 Å². The number of piperidine rings is 1. The molecule has 0 amide bonds. The van der Waals surface area contributed by atoms with Crippen LogP contribution in [0, 0.1) is 18.8 Å². The quantitative estimate of drug-likeness (QED) is 0.901. The second-order valence-electron chi connectivity index (χ2n) is 7.85. The summed E-state index contributed by atoms with van der Waals surface area (Å²) in [6.07, 6.45) is 6.18. The fraction of sp³-hybridized carbons (Fsp3) is 0.789. The lowest BCUT2D eigenvalue weighted by molar-refractivity contribution is -0.108. The Balaban J connectivity index is 1.55. The molecule has 2 atom stereocenters. The number of nitrogens with zero attached hydrogens (tertiary/aromatic N) is 3. The number of aliphatic hydroxyl groups is 1. The summed E-state index contributed by atoms with van der Waals surface area (Å²) in [5.74, 6) is 2.64. The van der Waals surface area contributed by atoms with Crippen LogP contribution in [-0.2, 0) is 17.6 Å². The number of hydrogen-bond donors (Lipinski definition) is 1. The molecule has 0 radical (unpaired) electrons. The number of rotatable bonds is 2. The first-order valence-electron chi connectivity index (χ1n) is 9.49. The highest BCUT2D eigenvalue weighted by molar-refractivity contribution is 5.51. The van der Waals surface area contributed by atoms with E-state index in [1.165, 1.54) is 17.7 Å². The van der Waals surface area contributed by atoms with Gasteiger partial charge in [-0.05, 0) is 51.4 Å². The molecule has 4 rings (SSSR count). The van der Waals surface area contributed by atoms with Crippen LogP contribution in [0.25, 0.3) is 0 Å². The highest BCUT2D eigenvalue weighted by Crippen LogP contribution is 2.41. The van der Waals surface area contributed by atoms with E-state index >= 15 is 0 Å². The minimum Gasteiger partial charge on any atom is -0.389 e. The Morgan fingerprint density at radius 2 is 2.00 bits per heavy atom. The van der Waals surface area contributed by atoms with E-state index in [4.69, 9.17) is 9.72 Å². The van der Waals surface area contributed by atoms with Crippen molar-refractivity contribution in [2.24, 2.45) is 11.8 Å². The van der Waals surface area contributed by atoms with E-state index in [1.807, 2.05) is 6.92 Å². The summed E-state index contributed by atoms with van der Waals surface area (Å²) in [5.41, 5.74) is 2.05. The van der Waals surface area contributed by atoms with E-state index in [2.05, 4.69) is 16.8 Å². The first-order chi connectivity index (χ1) is 11.6. The zero-order chi connectivity index (χ0) is 16.7. The summed E-state index contributed by atoms with van der Waals surface area (Å²) in [6, 6.07) is 0. The molecule has 2 unspecified atom stereocenters. The van der Waals surface area contributed by atoms with Gasteiger partial charge in [-0.2, -0.15) is 0 Å². The lowest BCUT2D eigenvalue weighted by atomic mass is 9.70. The summed E-state index contributed by atoms with van der Waals surface area (Å²) in [6.45, 7) is 7.56. The predicted molar refractivity (Wildman–Crippen MR) is 93.3 cm³/mol. The Labute approximate surface area is 144 Å². The maximum absolute atomic E-state index is 11.4. The smallest absolute Gasteiger partial charge is 0.135 e. The Bertz CT molecular complexity index is 615. The summed E-state index contributed by atoms with van der Waals surface area (Å²) in [5, 5.41) is 11.4. The molecule has 1 N–H and O–H groups in total. The maximum atomic E-state index is 11.4. The molecule has 3 aliphatic rings. The van der Waals surface area contributed by atoms with Crippen molar-refractivity contribution < 1.29 is 9.84 Å². The van der Waals surface area contributed by atoms with E-state index in [0.29, 0.717) is 5.92 Å². The summed E-state index contributed by atoms with van der Waals surface area (Å²) >= 11 is 0. The van der Waals surface area contributed by atoms with Crippen LogP contribution in [-0.4, -0.2) is 47.0 Å². The van der Waals surface area contributed by atoms with Crippen molar-refractivity contribution in [1.29, 1.82) is 0 Å². The number of anilines is 1. The number of ether oxygens (including phenoxy) is 1. The predicted octanol–water partition coefficient (Wildman–Crippen LogP) is 2.28. The molecule has 5 nitrogen and oxygen atoms in total. The maximum Gasteiger partial charge on any atom is 0.135 e. The number of aromatic nitrogens is 2. The molecule has 3 heterocycles. The lowest BCUT2D eigenvalue weighted by Crippen LogP contribution is -2.56. The van der Waals surface area contributed by atoms with Crippen LogP contribution >= 0.6 is 0 Å². The lowest BCUT2D eigenvalue weighted by Gasteiger charge is -2.49. The Morgan fingerprint density at radius 1 is 1.21 bits per heavy atom. The molecule has 0 saturated carbocycles. The van der Waals surface area contributed by atoms with Crippen LogP contribution in [0.5, 0.6) is 0 Å². The summed E-state index contributed by atoms with van der Waals surface area (Å²) < 4.78 is 5.49. The van der Waals surface area contributed by atoms with Gasteiger partial charge in [0.15, 0.2) is 0 Å². The Morgan fingerprint density at radius 3 is 2.75 bits per heavy atom. The minimum absolute atomic E-state index is 0.252. The average Bonchev–Trinajstić information content (AvgIpc) is 3.06. The van der Waals surface area contributed by atoms with Gasteiger partial charge in [0.1, 0.15) is 11.6 Å². The third-order valence-electron chi connectivity index (χ3n) is 6.38. The fourth-order valence-electron chi connectivity index (χ4n) is 4.93. The highest BCUT2D eigenvalue weighted by atomic mass is 16.5. The van der Waals surface area contributed by atoms with Crippen molar-refractivity contribution in [2.75, 3.05) is 31.2 Å². The average molecular weight is 331 g/mol. The molecule has 132 valence electrons. The molecule has 1 aromatic heterocycles. The fourth-order valence-corrected chi connectivity index (χ4v) is 4.93. The summed E-state index contributed by atoms with van der Waals surface area (Å²) in [7, 11) is 0. The SMILES string of the molecule is Cc1nc2c(c(N3CCC(O)(C4CCOCC4)C(C)C3)n1)CCC2. The molecule has 5 heteroatoms. The van der Waals surface area contributed by atoms with Crippen molar-refractivity contribution in [3.63, 3.8) is 0 Å².